The van der Waals surface area contributed by atoms with Crippen molar-refractivity contribution in [1.82, 2.24) is 5.32 Å². The molecule has 0 spiro atoms. The van der Waals surface area contributed by atoms with Gasteiger partial charge in [0.1, 0.15) is 0 Å². The number of rotatable bonds is 6. The summed E-state index contributed by atoms with van der Waals surface area (Å²) in [5, 5.41) is 5.36. The van der Waals surface area contributed by atoms with E-state index in [1.807, 2.05) is 30.3 Å². The van der Waals surface area contributed by atoms with E-state index in [1.54, 1.807) is 24.3 Å². The maximum atomic E-state index is 11.8. The zero-order chi connectivity index (χ0) is 15.8. The van der Waals surface area contributed by atoms with Crippen molar-refractivity contribution in [3.63, 3.8) is 0 Å². The molecule has 4 nitrogen and oxygen atoms in total. The van der Waals surface area contributed by atoms with Gasteiger partial charge in [-0.1, -0.05) is 43.7 Å². The van der Waals surface area contributed by atoms with Crippen molar-refractivity contribution in [2.45, 2.75) is 19.8 Å². The molecule has 0 fully saturated rings. The fraction of sp³-hybridized carbons (Fsp3) is 0.222. The lowest BCUT2D eigenvalue weighted by molar-refractivity contribution is -0.115. The Morgan fingerprint density at radius 2 is 1.64 bits per heavy atom. The van der Waals surface area contributed by atoms with Gasteiger partial charge in [0.15, 0.2) is 0 Å². The lowest BCUT2D eigenvalue weighted by atomic mass is 10.1. The Bertz CT molecular complexity index is 621. The van der Waals surface area contributed by atoms with Crippen LogP contribution in [0.2, 0.25) is 0 Å². The van der Waals surface area contributed by atoms with E-state index in [1.165, 1.54) is 5.56 Å². The largest absolute Gasteiger partial charge is 0.343 e. The van der Waals surface area contributed by atoms with Gasteiger partial charge in [-0.2, -0.15) is 0 Å². The van der Waals surface area contributed by atoms with Gasteiger partial charge >= 0.3 is 0 Å². The highest BCUT2D eigenvalue weighted by Crippen LogP contribution is 2.10. The molecule has 114 valence electrons. The Morgan fingerprint density at radius 1 is 0.955 bits per heavy atom. The molecule has 2 aromatic carbocycles. The summed E-state index contributed by atoms with van der Waals surface area (Å²) in [7, 11) is 0. The van der Waals surface area contributed by atoms with Gasteiger partial charge in [-0.25, -0.2) is 0 Å². The van der Waals surface area contributed by atoms with E-state index in [0.717, 1.165) is 18.5 Å². The molecule has 0 bridgehead atoms. The average Bonchev–Trinajstić information content (AvgIpc) is 2.55. The third-order valence-corrected chi connectivity index (χ3v) is 3.22. The number of benzene rings is 2. The quantitative estimate of drug-likeness (QED) is 0.861. The maximum absolute atomic E-state index is 11.8. The van der Waals surface area contributed by atoms with Crippen molar-refractivity contribution in [3.8, 4) is 0 Å². The highest BCUT2D eigenvalue weighted by Gasteiger charge is 2.07. The van der Waals surface area contributed by atoms with Crippen LogP contribution in [0.3, 0.4) is 0 Å². The van der Waals surface area contributed by atoms with E-state index in [-0.39, 0.29) is 18.4 Å². The second-order valence-electron chi connectivity index (χ2n) is 5.04. The molecule has 0 heterocycles. The number of hydrogen-bond donors (Lipinski definition) is 2. The topological polar surface area (TPSA) is 58.2 Å². The maximum Gasteiger partial charge on any atom is 0.251 e. The molecular weight excluding hydrogens is 276 g/mol. The summed E-state index contributed by atoms with van der Waals surface area (Å²) in [6.07, 6.45) is 2.12. The molecule has 2 rings (SSSR count). The Hall–Kier alpha value is -2.62. The van der Waals surface area contributed by atoms with Crippen LogP contribution in [0.25, 0.3) is 0 Å². The Kier molecular flexibility index (Phi) is 5.72. The highest BCUT2D eigenvalue weighted by molar-refractivity contribution is 5.99. The SMILES string of the molecule is CCCc1ccc(NC(=O)CNC(=O)c2ccccc2)cc1. The van der Waals surface area contributed by atoms with Crippen LogP contribution >= 0.6 is 0 Å². The monoisotopic (exact) mass is 296 g/mol. The average molecular weight is 296 g/mol. The van der Waals surface area contributed by atoms with Crippen molar-refractivity contribution in [2.24, 2.45) is 0 Å². The predicted molar refractivity (Wildman–Crippen MR) is 87.8 cm³/mol. The van der Waals surface area contributed by atoms with Crippen molar-refractivity contribution < 1.29 is 9.59 Å². The van der Waals surface area contributed by atoms with Crippen LogP contribution in [-0.4, -0.2) is 18.4 Å². The molecule has 2 N–H and O–H groups in total. The number of anilines is 1. The highest BCUT2D eigenvalue weighted by atomic mass is 16.2. The van der Waals surface area contributed by atoms with Crippen LogP contribution in [0.5, 0.6) is 0 Å². The zero-order valence-electron chi connectivity index (χ0n) is 12.6. The van der Waals surface area contributed by atoms with E-state index in [0.29, 0.717) is 5.56 Å². The first-order valence-corrected chi connectivity index (χ1v) is 7.41. The number of carbonyl (C=O) groups is 2. The Balaban J connectivity index is 1.81. The van der Waals surface area contributed by atoms with Gasteiger partial charge in [-0.3, -0.25) is 9.59 Å². The van der Waals surface area contributed by atoms with Gasteiger partial charge < -0.3 is 10.6 Å². The van der Waals surface area contributed by atoms with Crippen molar-refractivity contribution >= 4 is 17.5 Å². The molecule has 0 aliphatic carbocycles. The molecular formula is C18H20N2O2. The van der Waals surface area contributed by atoms with E-state index >= 15 is 0 Å². The van der Waals surface area contributed by atoms with Crippen LogP contribution in [0.4, 0.5) is 5.69 Å². The van der Waals surface area contributed by atoms with Gasteiger partial charge in [-0.15, -0.1) is 0 Å². The number of hydrogen-bond acceptors (Lipinski definition) is 2. The molecule has 2 aromatic rings. The van der Waals surface area contributed by atoms with Crippen LogP contribution in [0, 0.1) is 0 Å². The smallest absolute Gasteiger partial charge is 0.251 e. The molecule has 22 heavy (non-hydrogen) atoms. The number of aryl methyl sites for hydroxylation is 1. The summed E-state index contributed by atoms with van der Waals surface area (Å²) < 4.78 is 0. The zero-order valence-corrected chi connectivity index (χ0v) is 12.6. The summed E-state index contributed by atoms with van der Waals surface area (Å²) in [5.74, 6) is -0.499. The summed E-state index contributed by atoms with van der Waals surface area (Å²) in [4.78, 5) is 23.7. The molecule has 2 amide bonds. The molecule has 0 atom stereocenters. The minimum atomic E-state index is -0.256. The molecule has 0 saturated heterocycles. The number of carbonyl (C=O) groups excluding carboxylic acids is 2. The second-order valence-corrected chi connectivity index (χ2v) is 5.04. The van der Waals surface area contributed by atoms with Gasteiger partial charge in [0.25, 0.3) is 5.91 Å². The normalized spacial score (nSPS) is 10.0. The third-order valence-electron chi connectivity index (χ3n) is 3.22. The minimum absolute atomic E-state index is 0.0512. The van der Waals surface area contributed by atoms with Crippen molar-refractivity contribution in [3.05, 3.63) is 65.7 Å². The molecule has 0 unspecified atom stereocenters. The molecule has 0 radical (unpaired) electrons. The van der Waals surface area contributed by atoms with Crippen LogP contribution in [-0.2, 0) is 11.2 Å². The minimum Gasteiger partial charge on any atom is -0.343 e. The predicted octanol–water partition coefficient (Wildman–Crippen LogP) is 3.01. The summed E-state index contributed by atoms with van der Waals surface area (Å²) in [5.41, 5.74) is 2.52. The van der Waals surface area contributed by atoms with Crippen LogP contribution in [0.1, 0.15) is 29.3 Å². The van der Waals surface area contributed by atoms with Crippen LogP contribution < -0.4 is 10.6 Å². The van der Waals surface area contributed by atoms with Crippen LogP contribution in [0.15, 0.2) is 54.6 Å². The fourth-order valence-electron chi connectivity index (χ4n) is 2.10. The second kappa shape index (κ2) is 7.98. The molecule has 0 aliphatic heterocycles. The van der Waals surface area contributed by atoms with E-state index < -0.39 is 0 Å². The van der Waals surface area contributed by atoms with E-state index in [2.05, 4.69) is 17.6 Å². The first-order valence-electron chi connectivity index (χ1n) is 7.41. The summed E-state index contributed by atoms with van der Waals surface area (Å²) in [6, 6.07) is 16.6. The lowest BCUT2D eigenvalue weighted by Gasteiger charge is -2.08. The van der Waals surface area contributed by atoms with Crippen molar-refractivity contribution in [2.75, 3.05) is 11.9 Å². The first kappa shape index (κ1) is 15.8. The Labute approximate surface area is 130 Å². The molecule has 0 saturated carbocycles. The number of amides is 2. The lowest BCUT2D eigenvalue weighted by Crippen LogP contribution is -2.32. The van der Waals surface area contributed by atoms with Crippen molar-refractivity contribution in [1.29, 1.82) is 0 Å². The molecule has 0 aliphatic rings. The van der Waals surface area contributed by atoms with E-state index in [9.17, 15) is 9.59 Å². The fourth-order valence-corrected chi connectivity index (χ4v) is 2.10. The summed E-state index contributed by atoms with van der Waals surface area (Å²) in [6.45, 7) is 2.08. The summed E-state index contributed by atoms with van der Waals surface area (Å²) >= 11 is 0. The standard InChI is InChI=1S/C18H20N2O2/c1-2-6-14-9-11-16(12-10-14)20-17(21)13-19-18(22)15-7-4-3-5-8-15/h3-5,7-12H,2,6,13H2,1H3,(H,19,22)(H,20,21). The van der Waals surface area contributed by atoms with E-state index in [4.69, 9.17) is 0 Å². The molecule has 4 heteroatoms. The molecule has 0 aromatic heterocycles. The first-order chi connectivity index (χ1) is 10.7. The van der Waals surface area contributed by atoms with Gasteiger partial charge in [0.2, 0.25) is 5.91 Å². The van der Waals surface area contributed by atoms with Gasteiger partial charge in [0.05, 0.1) is 6.54 Å². The third kappa shape index (κ3) is 4.74. The van der Waals surface area contributed by atoms with Gasteiger partial charge in [-0.05, 0) is 36.2 Å². The van der Waals surface area contributed by atoms with Gasteiger partial charge in [0, 0.05) is 11.3 Å². The Morgan fingerprint density at radius 3 is 2.27 bits per heavy atom. The number of nitrogens with one attached hydrogen (secondary N) is 2.